The number of esters is 1. The maximum Gasteiger partial charge on any atom is 0.317 e. The van der Waals surface area contributed by atoms with Crippen LogP contribution in [0.4, 0.5) is 4.79 Å². The summed E-state index contributed by atoms with van der Waals surface area (Å²) >= 11 is 0. The Morgan fingerprint density at radius 2 is 1.81 bits per heavy atom. The van der Waals surface area contributed by atoms with Crippen molar-refractivity contribution in [3.8, 4) is 5.75 Å². The number of ether oxygens (including phenoxy) is 2. The Balaban J connectivity index is 1.48. The minimum Gasteiger partial charge on any atom is -0.490 e. The number of hydrogen-bond acceptors (Lipinski definition) is 4. The van der Waals surface area contributed by atoms with Gasteiger partial charge in [-0.3, -0.25) is 4.79 Å². The van der Waals surface area contributed by atoms with E-state index >= 15 is 0 Å². The number of benzene rings is 1. The second-order valence-electron chi connectivity index (χ2n) is 7.30. The Bertz CT molecular complexity index is 635. The molecule has 148 valence electrons. The van der Waals surface area contributed by atoms with E-state index in [1.165, 1.54) is 12.8 Å². The fourth-order valence-electron chi connectivity index (χ4n) is 3.81. The van der Waals surface area contributed by atoms with E-state index < -0.39 is 0 Å². The molecule has 6 heteroatoms. The summed E-state index contributed by atoms with van der Waals surface area (Å²) in [5.74, 6) is 0.635. The Labute approximate surface area is 161 Å². The van der Waals surface area contributed by atoms with Gasteiger partial charge in [-0.05, 0) is 51.5 Å². The molecule has 0 spiro atoms. The van der Waals surface area contributed by atoms with E-state index in [0.29, 0.717) is 45.2 Å². The molecule has 1 aliphatic heterocycles. The number of hydrogen-bond donors (Lipinski definition) is 1. The molecule has 0 atom stereocenters. The van der Waals surface area contributed by atoms with Crippen molar-refractivity contribution in [2.75, 3.05) is 19.7 Å². The Kier molecular flexibility index (Phi) is 6.96. The van der Waals surface area contributed by atoms with Crippen LogP contribution in [0.25, 0.3) is 0 Å². The zero-order valence-corrected chi connectivity index (χ0v) is 16.1. The molecule has 27 heavy (non-hydrogen) atoms. The highest BCUT2D eigenvalue weighted by Crippen LogP contribution is 2.26. The zero-order chi connectivity index (χ0) is 19.1. The number of likely N-dealkylation sites (tertiary alicyclic amines) is 1. The average Bonchev–Trinajstić information content (AvgIpc) is 3.20. The Morgan fingerprint density at radius 1 is 1.11 bits per heavy atom. The first-order chi connectivity index (χ1) is 13.2. The largest absolute Gasteiger partial charge is 0.490 e. The molecule has 2 fully saturated rings. The summed E-state index contributed by atoms with van der Waals surface area (Å²) in [6.07, 6.45) is 6.29. The molecule has 2 aliphatic rings. The summed E-state index contributed by atoms with van der Waals surface area (Å²) in [6.45, 7) is 3.82. The minimum absolute atomic E-state index is 0.0884. The summed E-state index contributed by atoms with van der Waals surface area (Å²) in [6, 6.07) is 7.82. The van der Waals surface area contributed by atoms with E-state index in [0.717, 1.165) is 24.2 Å². The van der Waals surface area contributed by atoms with Crippen molar-refractivity contribution in [3.05, 3.63) is 29.8 Å². The van der Waals surface area contributed by atoms with Crippen LogP contribution in [-0.4, -0.2) is 42.7 Å². The topological polar surface area (TPSA) is 67.9 Å². The van der Waals surface area contributed by atoms with Crippen molar-refractivity contribution in [2.24, 2.45) is 5.92 Å². The smallest absolute Gasteiger partial charge is 0.317 e. The van der Waals surface area contributed by atoms with Crippen LogP contribution in [0.2, 0.25) is 0 Å². The maximum absolute atomic E-state index is 12.5. The number of rotatable bonds is 6. The van der Waals surface area contributed by atoms with Gasteiger partial charge in [0.2, 0.25) is 0 Å². The van der Waals surface area contributed by atoms with Crippen molar-refractivity contribution in [2.45, 2.75) is 58.1 Å². The predicted molar refractivity (Wildman–Crippen MR) is 102 cm³/mol. The number of urea groups is 1. The van der Waals surface area contributed by atoms with Crippen molar-refractivity contribution in [1.82, 2.24) is 10.2 Å². The number of carbonyl (C=O) groups is 2. The third kappa shape index (κ3) is 5.37. The highest BCUT2D eigenvalue weighted by molar-refractivity contribution is 5.76. The Hall–Kier alpha value is -2.24. The van der Waals surface area contributed by atoms with Crippen LogP contribution in [-0.2, 0) is 16.1 Å². The van der Waals surface area contributed by atoms with Gasteiger partial charge < -0.3 is 19.7 Å². The molecule has 0 bridgehead atoms. The number of amides is 2. The van der Waals surface area contributed by atoms with Crippen LogP contribution in [0.15, 0.2) is 24.3 Å². The van der Waals surface area contributed by atoms with E-state index in [-0.39, 0.29) is 17.9 Å². The van der Waals surface area contributed by atoms with E-state index in [1.54, 1.807) is 4.90 Å². The number of piperidine rings is 1. The van der Waals surface area contributed by atoms with Gasteiger partial charge in [0.05, 0.1) is 18.6 Å². The summed E-state index contributed by atoms with van der Waals surface area (Å²) < 4.78 is 11.2. The Morgan fingerprint density at radius 3 is 2.52 bits per heavy atom. The van der Waals surface area contributed by atoms with E-state index in [1.807, 2.05) is 31.2 Å². The predicted octanol–water partition coefficient (Wildman–Crippen LogP) is 3.49. The molecule has 0 unspecified atom stereocenters. The molecule has 0 radical (unpaired) electrons. The molecule has 1 saturated carbocycles. The maximum atomic E-state index is 12.5. The second kappa shape index (κ2) is 9.62. The van der Waals surface area contributed by atoms with Gasteiger partial charge in [-0.15, -0.1) is 0 Å². The molecule has 1 heterocycles. The molecular weight excluding hydrogens is 344 g/mol. The third-order valence-electron chi connectivity index (χ3n) is 5.40. The molecule has 1 saturated heterocycles. The SMILES string of the molecule is CCOC(=O)C1CCN(C(=O)NCc2ccccc2OC2CCCC2)CC1. The first kappa shape index (κ1) is 19.5. The quantitative estimate of drug-likeness (QED) is 0.774. The van der Waals surface area contributed by atoms with E-state index in [4.69, 9.17) is 9.47 Å². The number of para-hydroxylation sites is 1. The van der Waals surface area contributed by atoms with Crippen LogP contribution in [0, 0.1) is 5.92 Å². The average molecular weight is 374 g/mol. The molecular formula is C21H30N2O4. The molecule has 0 aromatic heterocycles. The highest BCUT2D eigenvalue weighted by Gasteiger charge is 2.28. The van der Waals surface area contributed by atoms with Gasteiger partial charge in [0.1, 0.15) is 5.75 Å². The monoisotopic (exact) mass is 374 g/mol. The first-order valence-corrected chi connectivity index (χ1v) is 10.1. The van der Waals surface area contributed by atoms with E-state index in [9.17, 15) is 9.59 Å². The fourth-order valence-corrected chi connectivity index (χ4v) is 3.81. The van der Waals surface area contributed by atoms with Gasteiger partial charge in [-0.25, -0.2) is 4.79 Å². The zero-order valence-electron chi connectivity index (χ0n) is 16.1. The van der Waals surface area contributed by atoms with E-state index in [2.05, 4.69) is 5.32 Å². The normalized spacial score (nSPS) is 18.3. The summed E-state index contributed by atoms with van der Waals surface area (Å²) in [5.41, 5.74) is 0.999. The fraction of sp³-hybridized carbons (Fsp3) is 0.619. The third-order valence-corrected chi connectivity index (χ3v) is 5.40. The first-order valence-electron chi connectivity index (χ1n) is 10.1. The van der Waals surface area contributed by atoms with Crippen LogP contribution in [0.3, 0.4) is 0 Å². The number of nitrogens with zero attached hydrogens (tertiary/aromatic N) is 1. The summed E-state index contributed by atoms with van der Waals surface area (Å²) in [7, 11) is 0. The van der Waals surface area contributed by atoms with Crippen LogP contribution >= 0.6 is 0 Å². The molecule has 6 nitrogen and oxygen atoms in total. The number of nitrogens with one attached hydrogen (secondary N) is 1. The van der Waals surface area contributed by atoms with Crippen LogP contribution < -0.4 is 10.1 Å². The lowest BCUT2D eigenvalue weighted by Gasteiger charge is -2.31. The van der Waals surface area contributed by atoms with Crippen molar-refractivity contribution in [1.29, 1.82) is 0 Å². The lowest BCUT2D eigenvalue weighted by Crippen LogP contribution is -2.45. The lowest BCUT2D eigenvalue weighted by atomic mass is 9.97. The molecule has 1 N–H and O–H groups in total. The van der Waals surface area contributed by atoms with Gasteiger partial charge >= 0.3 is 12.0 Å². The van der Waals surface area contributed by atoms with Gasteiger partial charge in [0.25, 0.3) is 0 Å². The van der Waals surface area contributed by atoms with Crippen molar-refractivity contribution >= 4 is 12.0 Å². The minimum atomic E-state index is -0.143. The van der Waals surface area contributed by atoms with Gasteiger partial charge in [0.15, 0.2) is 0 Å². The van der Waals surface area contributed by atoms with Crippen molar-refractivity contribution in [3.63, 3.8) is 0 Å². The van der Waals surface area contributed by atoms with Gasteiger partial charge in [-0.2, -0.15) is 0 Å². The second-order valence-corrected chi connectivity index (χ2v) is 7.30. The summed E-state index contributed by atoms with van der Waals surface area (Å²) in [4.78, 5) is 26.1. The molecule has 1 aromatic carbocycles. The number of carbonyl (C=O) groups excluding carboxylic acids is 2. The highest BCUT2D eigenvalue weighted by atomic mass is 16.5. The molecule has 2 amide bonds. The van der Waals surface area contributed by atoms with Gasteiger partial charge in [-0.1, -0.05) is 18.2 Å². The van der Waals surface area contributed by atoms with Crippen molar-refractivity contribution < 1.29 is 19.1 Å². The van der Waals surface area contributed by atoms with Gasteiger partial charge in [0, 0.05) is 25.2 Å². The molecule has 1 aliphatic carbocycles. The molecule has 1 aromatic rings. The lowest BCUT2D eigenvalue weighted by molar-refractivity contribution is -0.149. The summed E-state index contributed by atoms with van der Waals surface area (Å²) in [5, 5.41) is 2.99. The standard InChI is InChI=1S/C21H30N2O4/c1-2-26-20(24)16-11-13-23(14-12-16)21(25)22-15-17-7-3-6-10-19(17)27-18-8-4-5-9-18/h3,6-7,10,16,18H,2,4-5,8-9,11-15H2,1H3,(H,22,25). The molecule has 3 rings (SSSR count). The van der Waals surface area contributed by atoms with Crippen LogP contribution in [0.1, 0.15) is 51.0 Å². The van der Waals surface area contributed by atoms with Crippen LogP contribution in [0.5, 0.6) is 5.75 Å².